The zero-order valence-electron chi connectivity index (χ0n) is 9.33. The summed E-state index contributed by atoms with van der Waals surface area (Å²) in [6, 6.07) is 0. The van der Waals surface area contributed by atoms with E-state index in [1.165, 1.54) is 0 Å². The predicted molar refractivity (Wildman–Crippen MR) is 66.2 cm³/mol. The predicted octanol–water partition coefficient (Wildman–Crippen LogP) is 1.80. The summed E-state index contributed by atoms with van der Waals surface area (Å²) in [5, 5.41) is 3.37. The SMILES string of the molecule is CC1OCCC1(C)Nc1nc(N)ncc1Br. The van der Waals surface area contributed by atoms with Gasteiger partial charge in [-0.15, -0.1) is 0 Å². The van der Waals surface area contributed by atoms with E-state index in [-0.39, 0.29) is 17.6 Å². The lowest BCUT2D eigenvalue weighted by Gasteiger charge is -2.29. The van der Waals surface area contributed by atoms with Gasteiger partial charge in [-0.2, -0.15) is 4.98 Å². The molecule has 0 aliphatic carbocycles. The minimum atomic E-state index is -0.108. The zero-order chi connectivity index (χ0) is 11.8. The topological polar surface area (TPSA) is 73.1 Å². The van der Waals surface area contributed by atoms with Gasteiger partial charge in [-0.3, -0.25) is 0 Å². The van der Waals surface area contributed by atoms with Crippen LogP contribution in [-0.2, 0) is 4.74 Å². The van der Waals surface area contributed by atoms with Gasteiger partial charge >= 0.3 is 0 Å². The third-order valence-electron chi connectivity index (χ3n) is 3.05. The van der Waals surface area contributed by atoms with E-state index < -0.39 is 0 Å². The van der Waals surface area contributed by atoms with Crippen LogP contribution in [0, 0.1) is 0 Å². The normalized spacial score (nSPS) is 29.3. The van der Waals surface area contributed by atoms with Crippen LogP contribution in [0.4, 0.5) is 11.8 Å². The van der Waals surface area contributed by atoms with Gasteiger partial charge in [-0.25, -0.2) is 4.98 Å². The molecule has 1 aliphatic heterocycles. The fourth-order valence-corrected chi connectivity index (χ4v) is 2.03. The van der Waals surface area contributed by atoms with E-state index in [0.717, 1.165) is 17.5 Å². The molecule has 2 rings (SSSR count). The second kappa shape index (κ2) is 4.18. The number of nitrogens with zero attached hydrogens (tertiary/aromatic N) is 2. The summed E-state index contributed by atoms with van der Waals surface area (Å²) in [7, 11) is 0. The zero-order valence-corrected chi connectivity index (χ0v) is 10.9. The molecule has 1 aliphatic rings. The van der Waals surface area contributed by atoms with E-state index in [0.29, 0.717) is 5.82 Å². The van der Waals surface area contributed by atoms with Gasteiger partial charge < -0.3 is 15.8 Å². The fourth-order valence-electron chi connectivity index (χ4n) is 1.74. The highest BCUT2D eigenvalue weighted by atomic mass is 79.9. The maximum absolute atomic E-state index is 5.57. The van der Waals surface area contributed by atoms with Gasteiger partial charge in [0.15, 0.2) is 0 Å². The van der Waals surface area contributed by atoms with Crippen LogP contribution in [0.2, 0.25) is 0 Å². The molecule has 0 bridgehead atoms. The molecule has 2 heterocycles. The monoisotopic (exact) mass is 286 g/mol. The summed E-state index contributed by atoms with van der Waals surface area (Å²) in [6.07, 6.45) is 2.74. The summed E-state index contributed by atoms with van der Waals surface area (Å²) in [5.41, 5.74) is 5.46. The van der Waals surface area contributed by atoms with Gasteiger partial charge in [-0.05, 0) is 36.2 Å². The second-order valence-electron chi connectivity index (χ2n) is 4.23. The van der Waals surface area contributed by atoms with Crippen molar-refractivity contribution in [3.8, 4) is 0 Å². The molecule has 5 nitrogen and oxygen atoms in total. The van der Waals surface area contributed by atoms with E-state index in [1.807, 2.05) is 0 Å². The van der Waals surface area contributed by atoms with Crippen molar-refractivity contribution in [1.82, 2.24) is 9.97 Å². The van der Waals surface area contributed by atoms with Crippen molar-refractivity contribution in [2.24, 2.45) is 0 Å². The Balaban J connectivity index is 2.23. The lowest BCUT2D eigenvalue weighted by molar-refractivity contribution is 0.105. The van der Waals surface area contributed by atoms with Crippen LogP contribution in [0.25, 0.3) is 0 Å². The number of hydrogen-bond donors (Lipinski definition) is 2. The Morgan fingerprint density at radius 2 is 2.44 bits per heavy atom. The van der Waals surface area contributed by atoms with Gasteiger partial charge in [0.25, 0.3) is 0 Å². The Kier molecular flexibility index (Phi) is 3.03. The molecule has 6 heteroatoms. The van der Waals surface area contributed by atoms with E-state index in [4.69, 9.17) is 10.5 Å². The summed E-state index contributed by atoms with van der Waals surface area (Å²) >= 11 is 3.40. The molecule has 0 radical (unpaired) electrons. The molecule has 1 saturated heterocycles. The number of nitrogens with two attached hydrogens (primary N) is 1. The maximum atomic E-state index is 5.57. The molecular formula is C10H15BrN4O. The van der Waals surface area contributed by atoms with Crippen LogP contribution in [0.5, 0.6) is 0 Å². The van der Waals surface area contributed by atoms with Crippen LogP contribution in [0.3, 0.4) is 0 Å². The molecular weight excluding hydrogens is 272 g/mol. The van der Waals surface area contributed by atoms with Crippen molar-refractivity contribution >= 4 is 27.7 Å². The molecule has 88 valence electrons. The summed E-state index contributed by atoms with van der Waals surface area (Å²) in [4.78, 5) is 8.07. The highest BCUT2D eigenvalue weighted by Gasteiger charge is 2.37. The number of aromatic nitrogens is 2. The first kappa shape index (κ1) is 11.6. The average Bonchev–Trinajstić information content (AvgIpc) is 2.53. The molecule has 2 atom stereocenters. The van der Waals surface area contributed by atoms with Crippen LogP contribution in [0.15, 0.2) is 10.7 Å². The molecule has 2 unspecified atom stereocenters. The first-order chi connectivity index (χ1) is 7.51. The van der Waals surface area contributed by atoms with Crippen molar-refractivity contribution in [1.29, 1.82) is 0 Å². The molecule has 0 aromatic carbocycles. The number of nitrogen functional groups attached to an aromatic ring is 1. The number of ether oxygens (including phenoxy) is 1. The van der Waals surface area contributed by atoms with Gasteiger partial charge in [0.1, 0.15) is 5.82 Å². The van der Waals surface area contributed by atoms with E-state index in [9.17, 15) is 0 Å². The molecule has 1 aromatic heterocycles. The average molecular weight is 287 g/mol. The van der Waals surface area contributed by atoms with Crippen LogP contribution in [0.1, 0.15) is 20.3 Å². The Morgan fingerprint density at radius 3 is 3.06 bits per heavy atom. The number of rotatable bonds is 2. The van der Waals surface area contributed by atoms with Crippen LogP contribution in [-0.4, -0.2) is 28.2 Å². The van der Waals surface area contributed by atoms with Gasteiger partial charge in [0.05, 0.1) is 16.1 Å². The Morgan fingerprint density at radius 1 is 1.69 bits per heavy atom. The highest BCUT2D eigenvalue weighted by Crippen LogP contribution is 2.31. The Hall–Kier alpha value is -0.880. The van der Waals surface area contributed by atoms with Gasteiger partial charge in [0.2, 0.25) is 5.95 Å². The Labute approximate surface area is 103 Å². The van der Waals surface area contributed by atoms with Crippen molar-refractivity contribution in [3.63, 3.8) is 0 Å². The molecule has 0 amide bonds. The summed E-state index contributed by atoms with van der Waals surface area (Å²) in [5.74, 6) is 0.980. The number of anilines is 2. The van der Waals surface area contributed by atoms with Gasteiger partial charge in [0, 0.05) is 12.8 Å². The third kappa shape index (κ3) is 2.12. The summed E-state index contributed by atoms with van der Waals surface area (Å²) < 4.78 is 6.37. The van der Waals surface area contributed by atoms with Crippen molar-refractivity contribution < 1.29 is 4.74 Å². The van der Waals surface area contributed by atoms with E-state index >= 15 is 0 Å². The summed E-state index contributed by atoms with van der Waals surface area (Å²) in [6.45, 7) is 4.94. The first-order valence-corrected chi connectivity index (χ1v) is 5.98. The second-order valence-corrected chi connectivity index (χ2v) is 5.08. The highest BCUT2D eigenvalue weighted by molar-refractivity contribution is 9.10. The standard InChI is InChI=1S/C10H15BrN4O/c1-6-10(2,3-4-16-6)15-8-7(11)5-13-9(12)14-8/h5-6H,3-4H2,1-2H3,(H3,12,13,14,15). The largest absolute Gasteiger partial charge is 0.376 e. The Bertz CT molecular complexity index is 400. The lowest BCUT2D eigenvalue weighted by Crippen LogP contribution is -2.41. The third-order valence-corrected chi connectivity index (χ3v) is 3.63. The molecule has 0 saturated carbocycles. The molecule has 1 aromatic rings. The van der Waals surface area contributed by atoms with Crippen LogP contribution < -0.4 is 11.1 Å². The molecule has 0 spiro atoms. The van der Waals surface area contributed by atoms with Gasteiger partial charge in [-0.1, -0.05) is 0 Å². The lowest BCUT2D eigenvalue weighted by atomic mass is 9.95. The van der Waals surface area contributed by atoms with E-state index in [1.54, 1.807) is 6.20 Å². The number of nitrogens with one attached hydrogen (secondary N) is 1. The molecule has 1 fully saturated rings. The molecule has 3 N–H and O–H groups in total. The fraction of sp³-hybridized carbons (Fsp3) is 0.600. The van der Waals surface area contributed by atoms with Crippen molar-refractivity contribution in [2.45, 2.75) is 31.9 Å². The van der Waals surface area contributed by atoms with Crippen molar-refractivity contribution in [3.05, 3.63) is 10.7 Å². The number of halogens is 1. The minimum absolute atomic E-state index is 0.108. The smallest absolute Gasteiger partial charge is 0.221 e. The maximum Gasteiger partial charge on any atom is 0.221 e. The number of hydrogen-bond acceptors (Lipinski definition) is 5. The quantitative estimate of drug-likeness (QED) is 0.867. The van der Waals surface area contributed by atoms with E-state index in [2.05, 4.69) is 45.1 Å². The van der Waals surface area contributed by atoms with Crippen molar-refractivity contribution in [2.75, 3.05) is 17.7 Å². The minimum Gasteiger partial charge on any atom is -0.376 e. The first-order valence-electron chi connectivity index (χ1n) is 5.19. The van der Waals surface area contributed by atoms with Crippen LogP contribution >= 0.6 is 15.9 Å². The molecule has 16 heavy (non-hydrogen) atoms.